The number of carbonyl (C=O) groups excluding carboxylic acids is 2. The highest BCUT2D eigenvalue weighted by atomic mass is 16.6. The summed E-state index contributed by atoms with van der Waals surface area (Å²) in [6, 6.07) is 14.5. The number of methoxy groups -OCH3 is 3. The van der Waals surface area contributed by atoms with Crippen molar-refractivity contribution in [1.82, 2.24) is 0 Å². The van der Waals surface area contributed by atoms with Crippen molar-refractivity contribution in [3.63, 3.8) is 0 Å². The van der Waals surface area contributed by atoms with E-state index >= 15 is 0 Å². The summed E-state index contributed by atoms with van der Waals surface area (Å²) < 4.78 is 21.0. The van der Waals surface area contributed by atoms with Crippen molar-refractivity contribution in [2.45, 2.75) is 18.9 Å². The minimum absolute atomic E-state index is 0.0393. The molecule has 1 saturated heterocycles. The molecule has 2 atom stereocenters. The molecule has 1 heterocycles. The second-order valence-corrected chi connectivity index (χ2v) is 6.49. The monoisotopic (exact) mass is 370 g/mol. The zero-order valence-electron chi connectivity index (χ0n) is 15.6. The molecule has 27 heavy (non-hydrogen) atoms. The van der Waals surface area contributed by atoms with Crippen LogP contribution in [0.1, 0.15) is 23.7 Å². The van der Waals surface area contributed by atoms with E-state index in [0.717, 1.165) is 16.9 Å². The fourth-order valence-electron chi connectivity index (χ4n) is 3.52. The molecule has 1 aliphatic rings. The Morgan fingerprint density at radius 1 is 1.00 bits per heavy atom. The Morgan fingerprint density at radius 3 is 2.07 bits per heavy atom. The van der Waals surface area contributed by atoms with Gasteiger partial charge in [-0.3, -0.25) is 9.59 Å². The Kier molecular flexibility index (Phi) is 5.35. The van der Waals surface area contributed by atoms with Crippen molar-refractivity contribution in [2.75, 3.05) is 21.3 Å². The highest BCUT2D eigenvalue weighted by Crippen LogP contribution is 2.49. The summed E-state index contributed by atoms with van der Waals surface area (Å²) in [7, 11) is 4.49. The van der Waals surface area contributed by atoms with Gasteiger partial charge >= 0.3 is 11.9 Å². The van der Waals surface area contributed by atoms with Crippen LogP contribution in [0, 0.1) is 5.41 Å². The molecule has 0 saturated carbocycles. The summed E-state index contributed by atoms with van der Waals surface area (Å²) >= 11 is 0. The quantitative estimate of drug-likeness (QED) is 0.728. The average Bonchev–Trinajstić information content (AvgIpc) is 3.05. The van der Waals surface area contributed by atoms with Crippen LogP contribution in [0.2, 0.25) is 0 Å². The van der Waals surface area contributed by atoms with Crippen molar-refractivity contribution in [3.05, 3.63) is 59.7 Å². The zero-order valence-corrected chi connectivity index (χ0v) is 15.6. The molecule has 0 aliphatic carbocycles. The van der Waals surface area contributed by atoms with Crippen LogP contribution in [-0.2, 0) is 25.5 Å². The average molecular weight is 370 g/mol. The SMILES string of the molecule is COC(=O)C1(Cc2ccc(OC)cc2)CC(=O)OC1c1ccc(OC)cc1. The molecule has 0 aromatic heterocycles. The van der Waals surface area contributed by atoms with Crippen LogP contribution < -0.4 is 9.47 Å². The molecule has 2 aromatic carbocycles. The van der Waals surface area contributed by atoms with E-state index in [1.165, 1.54) is 7.11 Å². The van der Waals surface area contributed by atoms with E-state index in [1.807, 2.05) is 24.3 Å². The first-order valence-corrected chi connectivity index (χ1v) is 8.57. The highest BCUT2D eigenvalue weighted by Gasteiger charge is 2.56. The van der Waals surface area contributed by atoms with E-state index in [4.69, 9.17) is 18.9 Å². The molecule has 1 aliphatic heterocycles. The molecular weight excluding hydrogens is 348 g/mol. The van der Waals surface area contributed by atoms with Crippen LogP contribution in [0.15, 0.2) is 48.5 Å². The number of benzene rings is 2. The molecule has 6 heteroatoms. The van der Waals surface area contributed by atoms with Gasteiger partial charge in [-0.1, -0.05) is 24.3 Å². The maximum Gasteiger partial charge on any atom is 0.316 e. The molecule has 0 bridgehead atoms. The topological polar surface area (TPSA) is 71.1 Å². The van der Waals surface area contributed by atoms with E-state index in [0.29, 0.717) is 12.2 Å². The van der Waals surface area contributed by atoms with Crippen molar-refractivity contribution < 1.29 is 28.5 Å². The third kappa shape index (κ3) is 3.60. The Bertz CT molecular complexity index is 812. The lowest BCUT2D eigenvalue weighted by Crippen LogP contribution is -2.37. The maximum absolute atomic E-state index is 12.8. The number of esters is 2. The molecule has 0 N–H and O–H groups in total. The fraction of sp³-hybridized carbons (Fsp3) is 0.333. The van der Waals surface area contributed by atoms with E-state index in [1.54, 1.807) is 38.5 Å². The van der Waals surface area contributed by atoms with E-state index < -0.39 is 23.5 Å². The first kappa shape index (κ1) is 18.8. The molecule has 2 unspecified atom stereocenters. The first-order valence-electron chi connectivity index (χ1n) is 8.57. The van der Waals surface area contributed by atoms with Gasteiger partial charge in [0, 0.05) is 0 Å². The second kappa shape index (κ2) is 7.70. The molecule has 1 fully saturated rings. The molecule has 3 rings (SSSR count). The van der Waals surface area contributed by atoms with E-state index in [9.17, 15) is 9.59 Å². The van der Waals surface area contributed by atoms with Gasteiger partial charge in [-0.2, -0.15) is 0 Å². The predicted octanol–water partition coefficient (Wildman–Crippen LogP) is 3.09. The second-order valence-electron chi connectivity index (χ2n) is 6.49. The summed E-state index contributed by atoms with van der Waals surface area (Å²) in [5.74, 6) is 0.512. The van der Waals surface area contributed by atoms with E-state index in [-0.39, 0.29) is 6.42 Å². The van der Waals surface area contributed by atoms with Crippen LogP contribution in [-0.4, -0.2) is 33.3 Å². The van der Waals surface area contributed by atoms with Crippen LogP contribution in [0.25, 0.3) is 0 Å². The zero-order chi connectivity index (χ0) is 19.4. The smallest absolute Gasteiger partial charge is 0.316 e. The van der Waals surface area contributed by atoms with Gasteiger partial charge in [-0.05, 0) is 41.8 Å². The Morgan fingerprint density at radius 2 is 1.56 bits per heavy atom. The minimum Gasteiger partial charge on any atom is -0.497 e. The standard InChI is InChI=1S/C21H22O6/c1-24-16-8-4-14(5-9-16)12-21(20(23)26-3)13-18(22)27-19(21)15-6-10-17(25-2)11-7-15/h4-11,19H,12-13H2,1-3H3. The van der Waals surface area contributed by atoms with Crippen LogP contribution in [0.4, 0.5) is 0 Å². The molecule has 2 aromatic rings. The summed E-state index contributed by atoms with van der Waals surface area (Å²) in [6.07, 6.45) is -0.459. The van der Waals surface area contributed by atoms with Crippen molar-refractivity contribution in [1.29, 1.82) is 0 Å². The number of carbonyl (C=O) groups is 2. The van der Waals surface area contributed by atoms with Crippen molar-refractivity contribution in [2.24, 2.45) is 5.41 Å². The van der Waals surface area contributed by atoms with Gasteiger partial charge in [0.2, 0.25) is 0 Å². The van der Waals surface area contributed by atoms with Gasteiger partial charge < -0.3 is 18.9 Å². The number of hydrogen-bond acceptors (Lipinski definition) is 6. The third-order valence-corrected chi connectivity index (χ3v) is 4.90. The maximum atomic E-state index is 12.8. The molecular formula is C21H22O6. The van der Waals surface area contributed by atoms with Gasteiger partial charge in [0.25, 0.3) is 0 Å². The van der Waals surface area contributed by atoms with Gasteiger partial charge in [0.15, 0.2) is 0 Å². The Labute approximate surface area is 158 Å². The summed E-state index contributed by atoms with van der Waals surface area (Å²) in [6.45, 7) is 0. The van der Waals surface area contributed by atoms with Crippen molar-refractivity contribution in [3.8, 4) is 11.5 Å². The van der Waals surface area contributed by atoms with E-state index in [2.05, 4.69) is 0 Å². The molecule has 6 nitrogen and oxygen atoms in total. The predicted molar refractivity (Wildman–Crippen MR) is 97.6 cm³/mol. The summed E-state index contributed by atoms with van der Waals surface area (Å²) in [5.41, 5.74) is 0.480. The lowest BCUT2D eigenvalue weighted by molar-refractivity contribution is -0.157. The summed E-state index contributed by atoms with van der Waals surface area (Å²) in [4.78, 5) is 25.0. The van der Waals surface area contributed by atoms with Crippen LogP contribution in [0.3, 0.4) is 0 Å². The van der Waals surface area contributed by atoms with Gasteiger partial charge in [-0.25, -0.2) is 0 Å². The Balaban J connectivity index is 2.00. The molecule has 142 valence electrons. The number of rotatable bonds is 6. The lowest BCUT2D eigenvalue weighted by Gasteiger charge is -2.30. The summed E-state index contributed by atoms with van der Waals surface area (Å²) in [5, 5.41) is 0. The van der Waals surface area contributed by atoms with Crippen molar-refractivity contribution >= 4 is 11.9 Å². The number of hydrogen-bond donors (Lipinski definition) is 0. The normalized spacial score (nSPS) is 21.4. The first-order chi connectivity index (χ1) is 13.0. The lowest BCUT2D eigenvalue weighted by atomic mass is 9.73. The largest absolute Gasteiger partial charge is 0.497 e. The highest BCUT2D eigenvalue weighted by molar-refractivity contribution is 5.88. The molecule has 0 radical (unpaired) electrons. The number of cyclic esters (lactones) is 1. The number of ether oxygens (including phenoxy) is 4. The molecule has 0 amide bonds. The van der Waals surface area contributed by atoms with Crippen LogP contribution in [0.5, 0.6) is 11.5 Å². The third-order valence-electron chi connectivity index (χ3n) is 4.90. The van der Waals surface area contributed by atoms with Gasteiger partial charge in [0.1, 0.15) is 23.0 Å². The fourth-order valence-corrected chi connectivity index (χ4v) is 3.52. The van der Waals surface area contributed by atoms with Crippen LogP contribution >= 0.6 is 0 Å². The van der Waals surface area contributed by atoms with Gasteiger partial charge in [-0.15, -0.1) is 0 Å². The minimum atomic E-state index is -1.13. The molecule has 0 spiro atoms. The Hall–Kier alpha value is -3.02. The van der Waals surface area contributed by atoms with Gasteiger partial charge in [0.05, 0.1) is 27.8 Å².